The van der Waals surface area contributed by atoms with E-state index in [0.29, 0.717) is 0 Å². The van der Waals surface area contributed by atoms with Crippen molar-refractivity contribution in [3.8, 4) is 0 Å². The van der Waals surface area contributed by atoms with Crippen LogP contribution in [-0.4, -0.2) is 25.5 Å². The molecule has 1 nitrogen and oxygen atoms in total. The SMILES string of the molecule is CB1[CH-]B(C)N1C.[CH2-]C[CH2-].[CH3-].[Zr]. The van der Waals surface area contributed by atoms with E-state index in [2.05, 4.69) is 45.5 Å². The van der Waals surface area contributed by atoms with Gasteiger partial charge in [-0.2, -0.15) is 0 Å². The fraction of sp³-hybridized carbons (Fsp3) is 0.500. The molecule has 1 rings (SSSR count). The summed E-state index contributed by atoms with van der Waals surface area (Å²) in [5, 5.41) is 0. The van der Waals surface area contributed by atoms with E-state index in [0.717, 1.165) is 20.1 Å². The molecule has 0 amide bonds. The molecule has 0 aromatic rings. The van der Waals surface area contributed by atoms with Crippen LogP contribution in [0, 0.1) is 27.5 Å². The summed E-state index contributed by atoms with van der Waals surface area (Å²) in [6, 6.07) is 0. The molecule has 0 aromatic carbocycles. The smallest absolute Gasteiger partial charge is 0.0257 e. The van der Waals surface area contributed by atoms with Gasteiger partial charge in [0.15, 0.2) is 0 Å². The first-order valence-electron chi connectivity index (χ1n) is 3.78. The Hall–Kier alpha value is 0.973. The summed E-state index contributed by atoms with van der Waals surface area (Å²) in [5.41, 5.74) is 0. The summed E-state index contributed by atoms with van der Waals surface area (Å²) in [5.74, 6) is 0. The molecule has 0 aliphatic carbocycles. The van der Waals surface area contributed by atoms with Crippen molar-refractivity contribution in [2.24, 2.45) is 0 Å². The zero-order chi connectivity index (χ0) is 8.15. The van der Waals surface area contributed by atoms with Crippen LogP contribution in [-0.2, 0) is 26.2 Å². The first kappa shape index (κ1) is 18.7. The quantitative estimate of drug-likeness (QED) is 0.463. The maximum Gasteiger partial charge on any atom is 0.0257 e. The van der Waals surface area contributed by atoms with Crippen molar-refractivity contribution in [1.82, 2.24) is 4.72 Å². The van der Waals surface area contributed by atoms with E-state index in [-0.39, 0.29) is 33.6 Å². The number of nitrogens with zero attached hydrogens (tertiary/aromatic N) is 1. The maximum absolute atomic E-state index is 3.38. The van der Waals surface area contributed by atoms with Crippen LogP contribution in [0.5, 0.6) is 0 Å². The third-order valence-corrected chi connectivity index (χ3v) is 1.84. The topological polar surface area (TPSA) is 3.24 Å². The van der Waals surface area contributed by atoms with E-state index in [9.17, 15) is 0 Å². The third-order valence-electron chi connectivity index (χ3n) is 1.84. The van der Waals surface area contributed by atoms with Crippen LogP contribution in [0.3, 0.4) is 0 Å². The Morgan fingerprint density at radius 3 is 1.50 bits per heavy atom. The van der Waals surface area contributed by atoms with Crippen molar-refractivity contribution in [3.63, 3.8) is 0 Å². The molecule has 1 heterocycles. The fourth-order valence-corrected chi connectivity index (χ4v) is 0.944. The first-order chi connectivity index (χ1) is 4.63. The molecule has 0 unspecified atom stereocenters. The molecule has 0 atom stereocenters. The Morgan fingerprint density at radius 2 is 1.50 bits per heavy atom. The van der Waals surface area contributed by atoms with Crippen LogP contribution in [0.2, 0.25) is 13.6 Å². The van der Waals surface area contributed by atoms with Crippen LogP contribution in [0.4, 0.5) is 0 Å². The van der Waals surface area contributed by atoms with Gasteiger partial charge in [-0.25, -0.2) is 0 Å². The zero-order valence-electron chi connectivity index (χ0n) is 8.80. The molecule has 0 radical (unpaired) electrons. The van der Waals surface area contributed by atoms with Crippen molar-refractivity contribution in [2.45, 2.75) is 20.1 Å². The number of hydrogen-bond donors (Lipinski definition) is 0. The normalized spacial score (nSPS) is 14.8. The minimum atomic E-state index is 0. The zero-order valence-corrected chi connectivity index (χ0v) is 11.3. The van der Waals surface area contributed by atoms with Crippen LogP contribution >= 0.6 is 0 Å². The van der Waals surface area contributed by atoms with E-state index >= 15 is 0 Å². The Kier molecular flexibility index (Phi) is 15.7. The van der Waals surface area contributed by atoms with Crippen LogP contribution < -0.4 is 0 Å². The molecule has 0 N–H and O–H groups in total. The summed E-state index contributed by atoms with van der Waals surface area (Å²) >= 11 is 0. The Bertz CT molecular complexity index is 85.1. The summed E-state index contributed by atoms with van der Waals surface area (Å²) in [6.45, 7) is 12.6. The summed E-state index contributed by atoms with van der Waals surface area (Å²) in [7, 11) is 2.15. The van der Waals surface area contributed by atoms with E-state index in [1.807, 2.05) is 0 Å². The Balaban J connectivity index is -0.000000146. The average molecular weight is 242 g/mol. The second kappa shape index (κ2) is 10.1. The minimum absolute atomic E-state index is 0. The number of hydrogen-bond acceptors (Lipinski definition) is 1. The predicted octanol–water partition coefficient (Wildman–Crippen LogP) is 1.95. The summed E-state index contributed by atoms with van der Waals surface area (Å²) in [4.78, 5) is 0. The molecular weight excluding hydrogens is 223 g/mol. The molecule has 4 heteroatoms. The average Bonchev–Trinajstić information content (AvgIpc) is 1.90. The molecular formula is C8H19B2NZr-4. The van der Waals surface area contributed by atoms with Crippen molar-refractivity contribution >= 4 is 13.7 Å². The molecule has 0 spiro atoms. The van der Waals surface area contributed by atoms with E-state index in [1.54, 1.807) is 0 Å². The first-order valence-corrected chi connectivity index (χ1v) is 3.78. The minimum Gasteiger partial charge on any atom is -0.441 e. The van der Waals surface area contributed by atoms with Crippen molar-refractivity contribution in [3.05, 3.63) is 27.5 Å². The van der Waals surface area contributed by atoms with Gasteiger partial charge in [0.1, 0.15) is 0 Å². The second-order valence-electron chi connectivity index (χ2n) is 2.69. The van der Waals surface area contributed by atoms with Gasteiger partial charge < -0.3 is 38.6 Å². The van der Waals surface area contributed by atoms with Gasteiger partial charge in [0, 0.05) is 39.9 Å². The van der Waals surface area contributed by atoms with E-state index in [4.69, 9.17) is 0 Å². The van der Waals surface area contributed by atoms with Gasteiger partial charge in [0.25, 0.3) is 0 Å². The molecule has 70 valence electrons. The van der Waals surface area contributed by atoms with Crippen LogP contribution in [0.1, 0.15) is 6.42 Å². The summed E-state index contributed by atoms with van der Waals surface area (Å²) < 4.78 is 2.33. The molecule has 1 fully saturated rings. The molecule has 1 aliphatic heterocycles. The summed E-state index contributed by atoms with van der Waals surface area (Å²) in [6.07, 6.45) is 3.08. The monoisotopic (exact) mass is 241 g/mol. The van der Waals surface area contributed by atoms with Gasteiger partial charge in [0.2, 0.25) is 0 Å². The van der Waals surface area contributed by atoms with Crippen molar-refractivity contribution in [2.75, 3.05) is 7.05 Å². The molecule has 1 saturated heterocycles. The predicted molar refractivity (Wildman–Crippen MR) is 57.0 cm³/mol. The number of rotatable bonds is 0. The third kappa shape index (κ3) is 6.48. The van der Waals surface area contributed by atoms with Gasteiger partial charge in [0.05, 0.1) is 0 Å². The van der Waals surface area contributed by atoms with Gasteiger partial charge in [-0.1, -0.05) is 0 Å². The van der Waals surface area contributed by atoms with Crippen molar-refractivity contribution < 1.29 is 26.2 Å². The van der Waals surface area contributed by atoms with E-state index in [1.165, 1.54) is 0 Å². The molecule has 0 aromatic heterocycles. The Morgan fingerprint density at radius 1 is 1.25 bits per heavy atom. The standard InChI is InChI=1S/C4H10B2N.C3H6.CH3.Zr/c1-5-4-6(2)7(5)3;1-3-2;;/h4H,1-3H3;1-3H2;1H3;/q-1;-2;-1;. The van der Waals surface area contributed by atoms with Gasteiger partial charge in [-0.05, 0) is 7.05 Å². The molecule has 0 saturated carbocycles. The van der Waals surface area contributed by atoms with Gasteiger partial charge in [-0.15, -0.1) is 13.6 Å². The largest absolute Gasteiger partial charge is 0.441 e. The molecule has 0 bridgehead atoms. The van der Waals surface area contributed by atoms with E-state index < -0.39 is 0 Å². The maximum atomic E-state index is 3.38. The van der Waals surface area contributed by atoms with Crippen LogP contribution in [0.25, 0.3) is 0 Å². The van der Waals surface area contributed by atoms with Gasteiger partial charge >= 0.3 is 0 Å². The Labute approximate surface area is 99.0 Å². The van der Waals surface area contributed by atoms with Crippen molar-refractivity contribution in [1.29, 1.82) is 0 Å². The molecule has 1 aliphatic rings. The van der Waals surface area contributed by atoms with Crippen LogP contribution in [0.15, 0.2) is 0 Å². The molecule has 12 heavy (non-hydrogen) atoms. The second-order valence-corrected chi connectivity index (χ2v) is 2.69. The van der Waals surface area contributed by atoms with Gasteiger partial charge in [-0.3, -0.25) is 0 Å². The fourth-order valence-electron chi connectivity index (χ4n) is 0.944.